The Balaban J connectivity index is 3.26. The summed E-state index contributed by atoms with van der Waals surface area (Å²) in [6.07, 6.45) is -0.797. The van der Waals surface area contributed by atoms with Crippen LogP contribution in [-0.4, -0.2) is 30.5 Å². The fourth-order valence-corrected chi connectivity index (χ4v) is 2.96. The summed E-state index contributed by atoms with van der Waals surface area (Å²) in [5.74, 6) is -2.95. The molecule has 0 aliphatic carbocycles. The number of amides is 1. The molecule has 1 amide bonds. The van der Waals surface area contributed by atoms with Gasteiger partial charge in [0.1, 0.15) is 19.5 Å². The van der Waals surface area contributed by atoms with Crippen molar-refractivity contribution in [1.29, 1.82) is 0 Å². The van der Waals surface area contributed by atoms with Crippen molar-refractivity contribution < 1.29 is 27.8 Å². The van der Waals surface area contributed by atoms with Gasteiger partial charge in [-0.25, -0.2) is 9.18 Å². The van der Waals surface area contributed by atoms with E-state index in [0.29, 0.717) is 0 Å². The van der Waals surface area contributed by atoms with Crippen molar-refractivity contribution in [3.8, 4) is 11.5 Å². The van der Waals surface area contributed by atoms with Crippen molar-refractivity contribution >= 4 is 14.2 Å². The number of alkyl halides is 2. The Morgan fingerprint density at radius 1 is 1.21 bits per heavy atom. The first-order valence-corrected chi connectivity index (χ1v) is 12.8. The lowest BCUT2D eigenvalue weighted by Crippen LogP contribution is -2.43. The second-order valence-corrected chi connectivity index (χ2v) is 14.0. The Hall–Kier alpha value is -1.98. The third-order valence-corrected chi connectivity index (χ3v) is 4.73. The predicted octanol–water partition coefficient (Wildman–Crippen LogP) is 5.14. The summed E-state index contributed by atoms with van der Waals surface area (Å²) in [6.45, 7) is 12.9. The number of aliphatic hydroxyl groups is 1. The number of hydrogen-bond acceptors (Lipinski definition) is 3. The lowest BCUT2D eigenvalue weighted by molar-refractivity contribution is -0.148. The van der Waals surface area contributed by atoms with Gasteiger partial charge >= 0.3 is 12.0 Å². The molecule has 1 rings (SSSR count). The van der Waals surface area contributed by atoms with Gasteiger partial charge in [-0.3, -0.25) is 0 Å². The highest BCUT2D eigenvalue weighted by Gasteiger charge is 2.51. The van der Waals surface area contributed by atoms with Gasteiger partial charge in [-0.05, 0) is 40.7 Å². The molecular weight excluding hydrogens is 399 g/mol. The predicted molar refractivity (Wildman–Crippen MR) is 110 cm³/mol. The highest BCUT2D eigenvalue weighted by atomic mass is 28.3. The molecule has 0 aliphatic rings. The van der Waals surface area contributed by atoms with Gasteiger partial charge in [-0.15, -0.1) is 5.54 Å². The maximum Gasteiger partial charge on any atom is 0.408 e. The van der Waals surface area contributed by atoms with E-state index in [9.17, 15) is 14.3 Å². The number of ether oxygens (including phenoxy) is 1. The topological polar surface area (TPSA) is 58.6 Å². The number of nitrogens with one attached hydrogen (secondary N) is 1. The summed E-state index contributed by atoms with van der Waals surface area (Å²) >= 11 is 0. The largest absolute Gasteiger partial charge is 0.444 e. The number of rotatable bonds is 4. The normalized spacial score (nSPS) is 15.6. The molecule has 29 heavy (non-hydrogen) atoms. The SMILES string of the molecule is C[C@@H](NC(=O)OC(C)(C)C)c1cccc(C(F)(F)C(C)(O)C#C[Si](C)(C)C)c1F. The first-order valence-electron chi connectivity index (χ1n) is 9.30. The van der Waals surface area contributed by atoms with Gasteiger partial charge in [-0.1, -0.05) is 37.7 Å². The number of carbonyl (C=O) groups excluding carboxylic acids is 1. The molecule has 0 aliphatic heterocycles. The zero-order chi connectivity index (χ0) is 22.8. The maximum atomic E-state index is 15.0. The smallest absolute Gasteiger partial charge is 0.408 e. The molecule has 1 unspecified atom stereocenters. The van der Waals surface area contributed by atoms with Gasteiger partial charge in [0.15, 0.2) is 5.60 Å². The van der Waals surface area contributed by atoms with Crippen LogP contribution < -0.4 is 5.32 Å². The molecule has 2 atom stereocenters. The number of hydrogen-bond donors (Lipinski definition) is 2. The van der Waals surface area contributed by atoms with Crippen molar-refractivity contribution in [2.45, 2.75) is 77.4 Å². The molecule has 162 valence electrons. The Morgan fingerprint density at radius 3 is 2.24 bits per heavy atom. The highest BCUT2D eigenvalue weighted by molar-refractivity contribution is 6.83. The Bertz CT molecular complexity index is 815. The maximum absolute atomic E-state index is 15.0. The van der Waals surface area contributed by atoms with Crippen LogP contribution >= 0.6 is 0 Å². The summed E-state index contributed by atoms with van der Waals surface area (Å²) in [7, 11) is -2.04. The van der Waals surface area contributed by atoms with Crippen molar-refractivity contribution in [3.63, 3.8) is 0 Å². The van der Waals surface area contributed by atoms with Gasteiger partial charge in [0.05, 0.1) is 11.6 Å². The zero-order valence-electron chi connectivity index (χ0n) is 18.2. The Labute approximate surface area is 171 Å². The second-order valence-electron chi connectivity index (χ2n) is 9.22. The lowest BCUT2D eigenvalue weighted by Gasteiger charge is -2.30. The lowest BCUT2D eigenvalue weighted by atomic mass is 9.90. The zero-order valence-corrected chi connectivity index (χ0v) is 19.2. The molecule has 4 nitrogen and oxygen atoms in total. The standard InChI is InChI=1S/C21H30F3NO3Si/c1-14(25-18(26)28-19(2,3)4)15-10-9-11-16(17(15)22)21(23,24)20(5,27)12-13-29(6,7)8/h9-11,14,27H,1-8H3,(H,25,26)/t14-,20?/m1/s1. The third-order valence-electron chi connectivity index (χ3n) is 3.86. The molecule has 0 aromatic heterocycles. The van der Waals surface area contributed by atoms with Gasteiger partial charge in [0, 0.05) is 5.56 Å². The minimum Gasteiger partial charge on any atom is -0.444 e. The number of alkyl carbamates (subject to hydrolysis) is 1. The van der Waals surface area contributed by atoms with Crippen molar-refractivity contribution in [1.82, 2.24) is 5.32 Å². The van der Waals surface area contributed by atoms with Crippen LogP contribution in [0.3, 0.4) is 0 Å². The van der Waals surface area contributed by atoms with Gasteiger partial charge < -0.3 is 15.2 Å². The van der Waals surface area contributed by atoms with Crippen LogP contribution in [0.25, 0.3) is 0 Å². The molecular formula is C21H30F3NO3Si. The van der Waals surface area contributed by atoms with Crippen molar-refractivity contribution in [2.24, 2.45) is 0 Å². The Kier molecular flexibility index (Phi) is 7.26. The summed E-state index contributed by atoms with van der Waals surface area (Å²) in [5, 5.41) is 12.8. The number of carbonyl (C=O) groups is 1. The van der Waals surface area contributed by atoms with Crippen LogP contribution in [-0.2, 0) is 10.7 Å². The molecule has 0 saturated carbocycles. The molecule has 1 aromatic carbocycles. The summed E-state index contributed by atoms with van der Waals surface area (Å²) in [6, 6.07) is 2.51. The molecule has 2 N–H and O–H groups in total. The molecule has 0 fully saturated rings. The summed E-state index contributed by atoms with van der Waals surface area (Å²) in [5.41, 5.74) is -1.94. The van der Waals surface area contributed by atoms with Crippen LogP contribution in [0, 0.1) is 17.3 Å². The monoisotopic (exact) mass is 429 g/mol. The average molecular weight is 430 g/mol. The van der Waals surface area contributed by atoms with Crippen LogP contribution in [0.1, 0.15) is 51.8 Å². The van der Waals surface area contributed by atoms with E-state index in [4.69, 9.17) is 4.74 Å². The molecule has 0 heterocycles. The second kappa shape index (κ2) is 8.40. The van der Waals surface area contributed by atoms with Crippen LogP contribution in [0.2, 0.25) is 19.6 Å². The first-order chi connectivity index (χ1) is 12.9. The van der Waals surface area contributed by atoms with Crippen LogP contribution in [0.15, 0.2) is 18.2 Å². The van der Waals surface area contributed by atoms with Gasteiger partial charge in [0.2, 0.25) is 0 Å². The first kappa shape index (κ1) is 25.1. The molecule has 0 radical (unpaired) electrons. The van der Waals surface area contributed by atoms with E-state index in [1.807, 2.05) is 19.6 Å². The van der Waals surface area contributed by atoms with E-state index in [1.54, 1.807) is 20.8 Å². The van der Waals surface area contributed by atoms with Gasteiger partial charge in [0.25, 0.3) is 0 Å². The van der Waals surface area contributed by atoms with Crippen molar-refractivity contribution in [3.05, 3.63) is 35.1 Å². The van der Waals surface area contributed by atoms with E-state index in [2.05, 4.69) is 16.8 Å². The molecule has 0 saturated heterocycles. The minimum atomic E-state index is -3.97. The van der Waals surface area contributed by atoms with Crippen molar-refractivity contribution in [2.75, 3.05) is 0 Å². The van der Waals surface area contributed by atoms with E-state index >= 15 is 8.78 Å². The molecule has 0 spiro atoms. The third kappa shape index (κ3) is 6.79. The quantitative estimate of drug-likeness (QED) is 0.515. The number of benzene rings is 1. The van der Waals surface area contributed by atoms with E-state index < -0.39 is 48.7 Å². The number of halogens is 3. The molecule has 1 aromatic rings. The molecule has 8 heteroatoms. The van der Waals surface area contributed by atoms with E-state index in [-0.39, 0.29) is 5.56 Å². The van der Waals surface area contributed by atoms with Gasteiger partial charge in [-0.2, -0.15) is 8.78 Å². The van der Waals surface area contributed by atoms with E-state index in [1.165, 1.54) is 19.1 Å². The fraction of sp³-hybridized carbons (Fsp3) is 0.571. The average Bonchev–Trinajstić information content (AvgIpc) is 2.50. The fourth-order valence-electron chi connectivity index (χ4n) is 2.34. The molecule has 0 bridgehead atoms. The Morgan fingerprint density at radius 2 is 1.76 bits per heavy atom. The van der Waals surface area contributed by atoms with Crippen LogP contribution in [0.4, 0.5) is 18.0 Å². The summed E-state index contributed by atoms with van der Waals surface area (Å²) in [4.78, 5) is 11.9. The summed E-state index contributed by atoms with van der Waals surface area (Å²) < 4.78 is 50.1. The minimum absolute atomic E-state index is 0.151. The van der Waals surface area contributed by atoms with Crippen LogP contribution in [0.5, 0.6) is 0 Å². The highest BCUT2D eigenvalue weighted by Crippen LogP contribution is 2.41. The van der Waals surface area contributed by atoms with E-state index in [0.717, 1.165) is 13.0 Å².